The second-order valence-corrected chi connectivity index (χ2v) is 4.23. The molecule has 1 aromatic heterocycles. The van der Waals surface area contributed by atoms with Gasteiger partial charge in [-0.3, -0.25) is 4.68 Å². The molecule has 0 amide bonds. The maximum Gasteiger partial charge on any atom is 0.0849 e. The Bertz CT molecular complexity index is 289. The van der Waals surface area contributed by atoms with Gasteiger partial charge in [0.05, 0.1) is 17.9 Å². The smallest absolute Gasteiger partial charge is 0.0849 e. The molecule has 2 N–H and O–H groups in total. The quantitative estimate of drug-likeness (QED) is 0.740. The Morgan fingerprint density at radius 1 is 1.57 bits per heavy atom. The minimum absolute atomic E-state index is 0.551. The van der Waals surface area contributed by atoms with Crippen molar-refractivity contribution in [3.63, 3.8) is 0 Å². The molecule has 80 valence electrons. The summed E-state index contributed by atoms with van der Waals surface area (Å²) < 4.78 is 1.73. The van der Waals surface area contributed by atoms with Gasteiger partial charge in [-0.25, -0.2) is 0 Å². The fourth-order valence-corrected chi connectivity index (χ4v) is 1.26. The Morgan fingerprint density at radius 2 is 2.21 bits per heavy atom. The van der Waals surface area contributed by atoms with E-state index >= 15 is 0 Å². The molecule has 0 fully saturated rings. The van der Waals surface area contributed by atoms with E-state index in [0.717, 1.165) is 12.0 Å². The van der Waals surface area contributed by atoms with Crippen LogP contribution in [0.5, 0.6) is 0 Å². The summed E-state index contributed by atoms with van der Waals surface area (Å²) in [5, 5.41) is 23.1. The highest BCUT2D eigenvalue weighted by molar-refractivity contribution is 5.04. The largest absolute Gasteiger partial charge is 0.390 e. The van der Waals surface area contributed by atoms with E-state index in [2.05, 4.69) is 5.10 Å². The first-order valence-electron chi connectivity index (χ1n) is 4.77. The van der Waals surface area contributed by atoms with Crippen LogP contribution in [-0.4, -0.2) is 31.7 Å². The van der Waals surface area contributed by atoms with E-state index < -0.39 is 11.7 Å². The topological polar surface area (TPSA) is 58.3 Å². The molecule has 1 atom stereocenters. The SMILES string of the molecule is Cn1cc(CCC(O)C(C)(C)O)cn1. The van der Waals surface area contributed by atoms with E-state index in [-0.39, 0.29) is 0 Å². The Kier molecular flexibility index (Phi) is 3.29. The first-order chi connectivity index (χ1) is 6.39. The molecule has 4 heteroatoms. The second-order valence-electron chi connectivity index (χ2n) is 4.23. The maximum atomic E-state index is 9.58. The maximum absolute atomic E-state index is 9.58. The number of rotatable bonds is 4. The molecule has 14 heavy (non-hydrogen) atoms. The molecule has 0 aromatic carbocycles. The van der Waals surface area contributed by atoms with Gasteiger partial charge in [-0.2, -0.15) is 5.10 Å². The molecule has 1 heterocycles. The van der Waals surface area contributed by atoms with Crippen LogP contribution in [0.4, 0.5) is 0 Å². The van der Waals surface area contributed by atoms with Crippen LogP contribution in [0.3, 0.4) is 0 Å². The number of aliphatic hydroxyl groups is 2. The Morgan fingerprint density at radius 3 is 2.64 bits per heavy atom. The summed E-state index contributed by atoms with van der Waals surface area (Å²) >= 11 is 0. The zero-order chi connectivity index (χ0) is 10.8. The molecule has 0 aliphatic rings. The van der Waals surface area contributed by atoms with Gasteiger partial charge in [0.2, 0.25) is 0 Å². The van der Waals surface area contributed by atoms with E-state index in [0.29, 0.717) is 6.42 Å². The van der Waals surface area contributed by atoms with Crippen molar-refractivity contribution in [1.82, 2.24) is 9.78 Å². The van der Waals surface area contributed by atoms with E-state index in [9.17, 15) is 10.2 Å². The lowest BCUT2D eigenvalue weighted by Gasteiger charge is -2.24. The third-order valence-corrected chi connectivity index (χ3v) is 2.28. The second kappa shape index (κ2) is 4.11. The molecule has 0 radical (unpaired) electrons. The molecule has 0 aliphatic heterocycles. The molecule has 0 saturated carbocycles. The number of hydrogen-bond acceptors (Lipinski definition) is 3. The van der Waals surface area contributed by atoms with E-state index in [1.165, 1.54) is 0 Å². The average molecular weight is 198 g/mol. The van der Waals surface area contributed by atoms with Gasteiger partial charge in [-0.05, 0) is 32.3 Å². The molecule has 1 unspecified atom stereocenters. The average Bonchev–Trinajstić information content (AvgIpc) is 2.45. The Balaban J connectivity index is 2.41. The van der Waals surface area contributed by atoms with Gasteiger partial charge in [0, 0.05) is 13.2 Å². The molecule has 0 bridgehead atoms. The van der Waals surface area contributed by atoms with Crippen LogP contribution in [-0.2, 0) is 13.5 Å². The normalized spacial score (nSPS) is 14.4. The first-order valence-corrected chi connectivity index (χ1v) is 4.77. The number of aryl methyl sites for hydroxylation is 2. The van der Waals surface area contributed by atoms with Crippen molar-refractivity contribution in [2.45, 2.75) is 38.4 Å². The summed E-state index contributed by atoms with van der Waals surface area (Å²) in [7, 11) is 1.86. The summed E-state index contributed by atoms with van der Waals surface area (Å²) in [6.07, 6.45) is 4.28. The summed E-state index contributed by atoms with van der Waals surface area (Å²) in [5.41, 5.74) is 0.0539. The predicted molar refractivity (Wildman–Crippen MR) is 53.8 cm³/mol. The zero-order valence-corrected chi connectivity index (χ0v) is 8.94. The van der Waals surface area contributed by atoms with Gasteiger partial charge >= 0.3 is 0 Å². The van der Waals surface area contributed by atoms with Crippen LogP contribution in [0.1, 0.15) is 25.8 Å². The van der Waals surface area contributed by atoms with Gasteiger partial charge in [0.1, 0.15) is 0 Å². The van der Waals surface area contributed by atoms with Gasteiger partial charge in [0.25, 0.3) is 0 Å². The van der Waals surface area contributed by atoms with Gasteiger partial charge < -0.3 is 10.2 Å². The van der Waals surface area contributed by atoms with Crippen molar-refractivity contribution >= 4 is 0 Å². The minimum atomic E-state index is -1.03. The summed E-state index contributed by atoms with van der Waals surface area (Å²) in [6.45, 7) is 3.22. The van der Waals surface area contributed by atoms with Crippen molar-refractivity contribution in [2.24, 2.45) is 7.05 Å². The number of aromatic nitrogens is 2. The van der Waals surface area contributed by atoms with Crippen molar-refractivity contribution in [3.05, 3.63) is 18.0 Å². The summed E-state index contributed by atoms with van der Waals surface area (Å²) in [4.78, 5) is 0. The van der Waals surface area contributed by atoms with Crippen LogP contribution < -0.4 is 0 Å². The van der Waals surface area contributed by atoms with Crippen molar-refractivity contribution < 1.29 is 10.2 Å². The molecule has 1 aromatic rings. The minimum Gasteiger partial charge on any atom is -0.390 e. The van der Waals surface area contributed by atoms with E-state index in [4.69, 9.17) is 0 Å². The fraction of sp³-hybridized carbons (Fsp3) is 0.700. The van der Waals surface area contributed by atoms with Crippen LogP contribution >= 0.6 is 0 Å². The van der Waals surface area contributed by atoms with E-state index in [1.54, 1.807) is 24.7 Å². The third-order valence-electron chi connectivity index (χ3n) is 2.28. The molecule has 4 nitrogen and oxygen atoms in total. The van der Waals surface area contributed by atoms with Gasteiger partial charge in [0.15, 0.2) is 0 Å². The number of aliphatic hydroxyl groups excluding tert-OH is 1. The summed E-state index contributed by atoms with van der Waals surface area (Å²) in [5.74, 6) is 0. The van der Waals surface area contributed by atoms with Gasteiger partial charge in [-0.15, -0.1) is 0 Å². The lowest BCUT2D eigenvalue weighted by Crippen LogP contribution is -2.36. The lowest BCUT2D eigenvalue weighted by molar-refractivity contribution is -0.0509. The lowest BCUT2D eigenvalue weighted by atomic mass is 9.96. The van der Waals surface area contributed by atoms with Crippen molar-refractivity contribution in [2.75, 3.05) is 0 Å². The first kappa shape index (κ1) is 11.2. The van der Waals surface area contributed by atoms with Crippen LogP contribution in [0, 0.1) is 0 Å². The molecule has 0 aliphatic carbocycles. The van der Waals surface area contributed by atoms with Gasteiger partial charge in [-0.1, -0.05) is 0 Å². The monoisotopic (exact) mass is 198 g/mol. The molecule has 1 rings (SSSR count). The van der Waals surface area contributed by atoms with Crippen LogP contribution in [0.15, 0.2) is 12.4 Å². The molecular weight excluding hydrogens is 180 g/mol. The molecular formula is C10H18N2O2. The van der Waals surface area contributed by atoms with E-state index in [1.807, 2.05) is 13.2 Å². The molecule has 0 spiro atoms. The molecule has 0 saturated heterocycles. The Hall–Kier alpha value is -0.870. The van der Waals surface area contributed by atoms with Crippen molar-refractivity contribution in [3.8, 4) is 0 Å². The fourth-order valence-electron chi connectivity index (χ4n) is 1.26. The highest BCUT2D eigenvalue weighted by Crippen LogP contribution is 2.14. The van der Waals surface area contributed by atoms with Crippen LogP contribution in [0.2, 0.25) is 0 Å². The van der Waals surface area contributed by atoms with Crippen molar-refractivity contribution in [1.29, 1.82) is 0 Å². The zero-order valence-electron chi connectivity index (χ0n) is 8.94. The summed E-state index contributed by atoms with van der Waals surface area (Å²) in [6, 6.07) is 0. The predicted octanol–water partition coefficient (Wildman–Crippen LogP) is 0.484. The standard InChI is InChI=1S/C10H18N2O2/c1-10(2,14)9(13)5-4-8-6-11-12(3)7-8/h6-7,9,13-14H,4-5H2,1-3H3. The third kappa shape index (κ3) is 3.12. The highest BCUT2D eigenvalue weighted by Gasteiger charge is 2.23. The highest BCUT2D eigenvalue weighted by atomic mass is 16.3. The van der Waals surface area contributed by atoms with Crippen LogP contribution in [0.25, 0.3) is 0 Å². The number of nitrogens with zero attached hydrogens (tertiary/aromatic N) is 2. The Labute approximate surface area is 84.2 Å². The number of hydrogen-bond donors (Lipinski definition) is 2.